The van der Waals surface area contributed by atoms with E-state index in [1.807, 2.05) is 22.1 Å². The van der Waals surface area contributed by atoms with Crippen molar-refractivity contribution in [1.29, 1.82) is 0 Å². The largest absolute Gasteiger partial charge is 0.481 e. The molecule has 0 radical (unpaired) electrons. The van der Waals surface area contributed by atoms with Crippen LogP contribution >= 0.6 is 0 Å². The van der Waals surface area contributed by atoms with Gasteiger partial charge in [0.25, 0.3) is 0 Å². The molecule has 4 heterocycles. The fraction of sp³-hybridized carbons (Fsp3) is 0.395. The highest BCUT2D eigenvalue weighted by Crippen LogP contribution is 2.35. The second-order valence-electron chi connectivity index (χ2n) is 14.7. The Bertz CT molecular complexity index is 2410. The summed E-state index contributed by atoms with van der Waals surface area (Å²) in [5, 5.41) is 17.7. The number of carboxylic acids is 1. The van der Waals surface area contributed by atoms with Crippen molar-refractivity contribution in [3.63, 3.8) is 0 Å². The third-order valence-electron chi connectivity index (χ3n) is 10.7. The number of benzene rings is 3. The van der Waals surface area contributed by atoms with Crippen LogP contribution in [0.15, 0.2) is 60.8 Å². The van der Waals surface area contributed by atoms with Gasteiger partial charge in [-0.15, -0.1) is 0 Å². The van der Waals surface area contributed by atoms with Crippen molar-refractivity contribution in [2.45, 2.75) is 57.0 Å². The van der Waals surface area contributed by atoms with Crippen molar-refractivity contribution >= 4 is 57.9 Å². The lowest BCUT2D eigenvalue weighted by Gasteiger charge is -2.23. The van der Waals surface area contributed by atoms with E-state index >= 15 is 0 Å². The molecule has 5 amide bonds. The van der Waals surface area contributed by atoms with E-state index in [0.29, 0.717) is 13.1 Å². The van der Waals surface area contributed by atoms with Crippen LogP contribution in [0.5, 0.6) is 0 Å². The molecule has 62 heavy (non-hydrogen) atoms. The summed E-state index contributed by atoms with van der Waals surface area (Å²) in [4.78, 5) is 88.9. The Kier molecular flexibility index (Phi) is 14.9. The number of H-pyrrole nitrogens is 2. The Morgan fingerprint density at radius 1 is 0.661 bits per heavy atom. The topological polar surface area (TPSA) is 250 Å². The van der Waals surface area contributed by atoms with E-state index in [0.717, 1.165) is 81.5 Å². The summed E-state index contributed by atoms with van der Waals surface area (Å²) in [6.07, 6.45) is 3.85. The molecular weight excluding hydrogens is 803 g/mol. The zero-order valence-electron chi connectivity index (χ0n) is 34.8. The van der Waals surface area contributed by atoms with Gasteiger partial charge in [-0.25, -0.2) is 24.4 Å². The highest BCUT2D eigenvalue weighted by Gasteiger charge is 2.33. The molecule has 0 bridgehead atoms. The number of carboxylic acid groups (broad SMARTS) is 1. The maximum Gasteiger partial charge on any atom is 0.406 e. The summed E-state index contributed by atoms with van der Waals surface area (Å²) in [5.74, 6) is 0.530. The van der Waals surface area contributed by atoms with Gasteiger partial charge in [0.15, 0.2) is 0 Å². The van der Waals surface area contributed by atoms with Gasteiger partial charge in [0.1, 0.15) is 11.6 Å². The number of aliphatic carboxylic acids is 1. The third kappa shape index (κ3) is 11.1. The van der Waals surface area contributed by atoms with Gasteiger partial charge >= 0.3 is 24.2 Å². The summed E-state index contributed by atoms with van der Waals surface area (Å²) in [6.45, 7) is 1.85. The van der Waals surface area contributed by atoms with Gasteiger partial charge in [-0.3, -0.25) is 14.4 Å². The summed E-state index contributed by atoms with van der Waals surface area (Å²) in [7, 11) is 3.81. The van der Waals surface area contributed by atoms with Crippen LogP contribution in [0.4, 0.5) is 14.4 Å². The number of ether oxygens (including phenoxy) is 3. The average Bonchev–Trinajstić information content (AvgIpc) is 4.12. The van der Waals surface area contributed by atoms with Gasteiger partial charge in [-0.2, -0.15) is 0 Å². The van der Waals surface area contributed by atoms with E-state index in [1.54, 1.807) is 0 Å². The number of carbonyl (C=O) groups excluding carboxylic acids is 5. The number of nitrogens with one attached hydrogen (secondary N) is 5. The molecule has 0 spiro atoms. The van der Waals surface area contributed by atoms with Crippen molar-refractivity contribution in [3.05, 3.63) is 72.4 Å². The molecule has 2 saturated heterocycles. The lowest BCUT2D eigenvalue weighted by molar-refractivity contribution is -0.137. The number of imidazole rings is 2. The quantitative estimate of drug-likeness (QED) is 0.0814. The van der Waals surface area contributed by atoms with Crippen LogP contribution in [0.3, 0.4) is 0 Å². The minimum Gasteiger partial charge on any atom is -0.481 e. The van der Waals surface area contributed by atoms with E-state index in [-0.39, 0.29) is 62.8 Å². The van der Waals surface area contributed by atoms with Gasteiger partial charge in [-0.05, 0) is 71.8 Å². The minimum atomic E-state index is -0.948. The molecule has 5 aromatic rings. The molecule has 328 valence electrons. The number of amides is 5. The predicted molar refractivity (Wildman–Crippen MR) is 227 cm³/mol. The molecule has 2 atom stereocenters. The number of hydrogen-bond acceptors (Lipinski definition) is 11. The fourth-order valence-electron chi connectivity index (χ4n) is 7.63. The molecule has 0 saturated carbocycles. The molecule has 0 unspecified atom stereocenters. The fourth-order valence-corrected chi connectivity index (χ4v) is 7.63. The molecule has 2 aromatic heterocycles. The summed E-state index contributed by atoms with van der Waals surface area (Å²) < 4.78 is 13.4. The Hall–Kier alpha value is -7.18. The number of alkyl carbamates (subject to hydrolysis) is 3. The number of rotatable bonds is 13. The zero-order valence-corrected chi connectivity index (χ0v) is 34.8. The number of aromatic nitrogens is 4. The average molecular weight is 854 g/mol. The first-order valence-corrected chi connectivity index (χ1v) is 20.3. The second kappa shape index (κ2) is 20.9. The molecule has 2 aliphatic rings. The number of hydrogen-bond donors (Lipinski definition) is 6. The number of nitrogens with zero attached hydrogens (tertiary/aromatic N) is 4. The standard InChI is InChI=1S/C38H42N8O6.C5H9NO4/c1-51-37(49)39-15-13-33(47)45-17-3-5-31(45)35-41-22-30(44-35)27-10-9-23-19-24(7-8-25(23)20-27)26-11-12-28-29(21-26)43-36(42-28)32-6-4-18-46(32)34(48)14-16-40-38(50)52-2;1-10-5(9)6-3-2-4(7)8/h7-12,19-22,31-32H,3-6,13-18H2,1-2H3,(H,39,49)(H,40,50)(H,41,44)(H,42,43);2-3H2,1H3,(H,6,9)(H,7,8)/t31-,32-;/m0./s1. The molecular formula is C43H51N9O10. The maximum atomic E-state index is 13.0. The first-order chi connectivity index (χ1) is 30.0. The molecule has 2 fully saturated rings. The van der Waals surface area contributed by atoms with Crippen molar-refractivity contribution in [3.8, 4) is 22.4 Å². The van der Waals surface area contributed by atoms with Gasteiger partial charge in [0.2, 0.25) is 11.8 Å². The normalized spacial score (nSPS) is 15.7. The van der Waals surface area contributed by atoms with Crippen molar-refractivity contribution in [2.75, 3.05) is 54.1 Å². The van der Waals surface area contributed by atoms with Gasteiger partial charge in [0.05, 0.1) is 62.8 Å². The van der Waals surface area contributed by atoms with E-state index in [9.17, 15) is 28.8 Å². The van der Waals surface area contributed by atoms with E-state index < -0.39 is 24.2 Å². The molecule has 0 aliphatic carbocycles. The second-order valence-corrected chi connectivity index (χ2v) is 14.7. The van der Waals surface area contributed by atoms with Crippen LogP contribution in [0.25, 0.3) is 44.2 Å². The van der Waals surface area contributed by atoms with Crippen LogP contribution < -0.4 is 16.0 Å². The number of fused-ring (bicyclic) bond motifs is 2. The van der Waals surface area contributed by atoms with Crippen LogP contribution in [0.1, 0.15) is 68.7 Å². The number of aromatic amines is 2. The SMILES string of the molecule is COC(=O)NCCC(=O)N1CCC[C@H]1c1ncc(-c2ccc3cc(-c4ccc5nc([C@@H]6CCCN6C(=O)CCNC(=O)OC)[nH]c5c4)ccc3c2)[nH]1.COC(=O)NCCC(=O)O. The monoisotopic (exact) mass is 853 g/mol. The molecule has 19 nitrogen and oxygen atoms in total. The Labute approximate surface area is 356 Å². The lowest BCUT2D eigenvalue weighted by Crippen LogP contribution is -2.34. The minimum absolute atomic E-state index is 0.0252. The van der Waals surface area contributed by atoms with E-state index in [4.69, 9.17) is 10.1 Å². The molecule has 19 heteroatoms. The van der Waals surface area contributed by atoms with Crippen LogP contribution in [-0.4, -0.2) is 125 Å². The molecule has 7 rings (SSSR count). The van der Waals surface area contributed by atoms with Gasteiger partial charge in [-0.1, -0.05) is 30.3 Å². The highest BCUT2D eigenvalue weighted by atomic mass is 16.5. The number of carbonyl (C=O) groups is 6. The van der Waals surface area contributed by atoms with Crippen molar-refractivity contribution < 1.29 is 48.1 Å². The molecule has 2 aliphatic heterocycles. The van der Waals surface area contributed by atoms with Gasteiger partial charge < -0.3 is 55.0 Å². The van der Waals surface area contributed by atoms with Crippen LogP contribution in [0, 0.1) is 0 Å². The first-order valence-electron chi connectivity index (χ1n) is 20.3. The van der Waals surface area contributed by atoms with E-state index in [1.165, 1.54) is 21.3 Å². The maximum absolute atomic E-state index is 13.0. The van der Waals surface area contributed by atoms with Crippen LogP contribution in [-0.2, 0) is 28.6 Å². The summed E-state index contributed by atoms with van der Waals surface area (Å²) in [6, 6.07) is 18.6. The van der Waals surface area contributed by atoms with Gasteiger partial charge in [0, 0.05) is 51.1 Å². The Morgan fingerprint density at radius 2 is 1.16 bits per heavy atom. The highest BCUT2D eigenvalue weighted by molar-refractivity contribution is 5.92. The first kappa shape index (κ1) is 44.4. The number of methoxy groups -OCH3 is 3. The molecule has 6 N–H and O–H groups in total. The zero-order chi connectivity index (χ0) is 44.2. The lowest BCUT2D eigenvalue weighted by atomic mass is 9.99. The number of likely N-dealkylation sites (tertiary alicyclic amines) is 2. The third-order valence-corrected chi connectivity index (χ3v) is 10.7. The smallest absolute Gasteiger partial charge is 0.406 e. The summed E-state index contributed by atoms with van der Waals surface area (Å²) in [5.41, 5.74) is 5.76. The molecule has 3 aromatic carbocycles. The van der Waals surface area contributed by atoms with E-state index in [2.05, 4.69) is 93.6 Å². The van der Waals surface area contributed by atoms with Crippen LogP contribution in [0.2, 0.25) is 0 Å². The Balaban J connectivity index is 0.000000572. The van der Waals surface area contributed by atoms with Crippen molar-refractivity contribution in [2.24, 2.45) is 0 Å². The predicted octanol–water partition coefficient (Wildman–Crippen LogP) is 5.41. The summed E-state index contributed by atoms with van der Waals surface area (Å²) >= 11 is 0. The Morgan fingerprint density at radius 3 is 1.73 bits per heavy atom. The van der Waals surface area contributed by atoms with Crippen molar-refractivity contribution in [1.82, 2.24) is 45.7 Å².